The van der Waals surface area contributed by atoms with Gasteiger partial charge in [0.05, 0.1) is 7.05 Å². The van der Waals surface area contributed by atoms with E-state index in [1.807, 2.05) is 59.2 Å². The van der Waals surface area contributed by atoms with Crippen LogP contribution in [-0.2, 0) is 18.4 Å². The summed E-state index contributed by atoms with van der Waals surface area (Å²) in [4.78, 5) is 14.4. The van der Waals surface area contributed by atoms with Gasteiger partial charge in [-0.05, 0) is 30.7 Å². The summed E-state index contributed by atoms with van der Waals surface area (Å²) in [7, 11) is 1.94. The van der Waals surface area contributed by atoms with Crippen molar-refractivity contribution < 1.29 is 9.36 Å². The zero-order chi connectivity index (χ0) is 15.5. The molecule has 1 aromatic carbocycles. The average molecular weight is 300 g/mol. The highest BCUT2D eigenvalue weighted by atomic mass is 16.2. The van der Waals surface area contributed by atoms with Gasteiger partial charge in [-0.3, -0.25) is 4.79 Å². The fourth-order valence-corrected chi connectivity index (χ4v) is 2.83. The number of aromatic nitrogens is 2. The lowest BCUT2D eigenvalue weighted by molar-refractivity contribution is -0.671. The lowest BCUT2D eigenvalue weighted by atomic mass is 10.2. The van der Waals surface area contributed by atoms with Gasteiger partial charge < -0.3 is 16.0 Å². The van der Waals surface area contributed by atoms with Crippen molar-refractivity contribution in [2.75, 3.05) is 23.7 Å². The smallest absolute Gasteiger partial charge is 0.262 e. The van der Waals surface area contributed by atoms with E-state index in [9.17, 15) is 4.79 Å². The van der Waals surface area contributed by atoms with Crippen molar-refractivity contribution in [1.29, 1.82) is 0 Å². The molecule has 1 aromatic heterocycles. The molecule has 2 aromatic rings. The minimum Gasteiger partial charge on any atom is -0.399 e. The first kappa shape index (κ1) is 14.4. The monoisotopic (exact) mass is 300 g/mol. The van der Waals surface area contributed by atoms with E-state index in [2.05, 4.69) is 10.2 Å². The third kappa shape index (κ3) is 3.39. The van der Waals surface area contributed by atoms with Crippen LogP contribution < -0.4 is 20.5 Å². The molecule has 116 valence electrons. The maximum absolute atomic E-state index is 12.1. The standard InChI is InChI=1S/C16H21N5O/c1-19-8-9-20(12-19)11-16(22)18-14-6-7-21(10-14)15-4-2-13(17)3-5-15/h2-5,8-9,12,14H,6-7,10-11,17H2,1H3/p+1. The van der Waals surface area contributed by atoms with E-state index >= 15 is 0 Å². The summed E-state index contributed by atoms with van der Waals surface area (Å²) in [5.74, 6) is 0.0559. The summed E-state index contributed by atoms with van der Waals surface area (Å²) in [6.07, 6.45) is 6.69. The maximum atomic E-state index is 12.1. The molecule has 0 bridgehead atoms. The number of aryl methyl sites for hydroxylation is 1. The largest absolute Gasteiger partial charge is 0.399 e. The highest BCUT2D eigenvalue weighted by Crippen LogP contribution is 2.21. The third-order valence-corrected chi connectivity index (χ3v) is 3.96. The number of benzene rings is 1. The number of nitrogens with zero attached hydrogens (tertiary/aromatic N) is 3. The van der Waals surface area contributed by atoms with Gasteiger partial charge >= 0.3 is 0 Å². The first-order valence-corrected chi connectivity index (χ1v) is 7.51. The number of hydrogen-bond acceptors (Lipinski definition) is 3. The van der Waals surface area contributed by atoms with Crippen molar-refractivity contribution in [3.05, 3.63) is 43.0 Å². The molecule has 1 fully saturated rings. The van der Waals surface area contributed by atoms with Crippen LogP contribution in [0, 0.1) is 0 Å². The molecule has 6 heteroatoms. The van der Waals surface area contributed by atoms with Gasteiger partial charge in [0.15, 0.2) is 6.54 Å². The molecule has 3 N–H and O–H groups in total. The molecule has 1 aliphatic heterocycles. The van der Waals surface area contributed by atoms with Crippen LogP contribution in [0.3, 0.4) is 0 Å². The van der Waals surface area contributed by atoms with Gasteiger partial charge in [-0.2, -0.15) is 0 Å². The number of carbonyl (C=O) groups is 1. The van der Waals surface area contributed by atoms with Crippen LogP contribution in [0.4, 0.5) is 11.4 Å². The van der Waals surface area contributed by atoms with Gasteiger partial charge in [0, 0.05) is 30.5 Å². The van der Waals surface area contributed by atoms with E-state index in [0.29, 0.717) is 6.54 Å². The van der Waals surface area contributed by atoms with Crippen molar-refractivity contribution in [2.45, 2.75) is 19.0 Å². The predicted octanol–water partition coefficient (Wildman–Crippen LogP) is 0.290. The van der Waals surface area contributed by atoms with E-state index in [0.717, 1.165) is 30.9 Å². The Hall–Kier alpha value is -2.50. The van der Waals surface area contributed by atoms with Gasteiger partial charge in [0.1, 0.15) is 12.4 Å². The molecule has 1 aliphatic rings. The molecule has 0 aliphatic carbocycles. The summed E-state index contributed by atoms with van der Waals surface area (Å²) in [5.41, 5.74) is 7.64. The Morgan fingerprint density at radius 2 is 2.18 bits per heavy atom. The number of imidazole rings is 1. The van der Waals surface area contributed by atoms with Crippen molar-refractivity contribution in [3.63, 3.8) is 0 Å². The van der Waals surface area contributed by atoms with Crippen molar-refractivity contribution in [2.24, 2.45) is 7.05 Å². The van der Waals surface area contributed by atoms with E-state index in [-0.39, 0.29) is 11.9 Å². The van der Waals surface area contributed by atoms with Crippen LogP contribution in [0.2, 0.25) is 0 Å². The van der Waals surface area contributed by atoms with Crippen molar-refractivity contribution in [3.8, 4) is 0 Å². The van der Waals surface area contributed by atoms with Crippen molar-refractivity contribution in [1.82, 2.24) is 9.88 Å². The van der Waals surface area contributed by atoms with E-state index in [1.165, 1.54) is 0 Å². The fraction of sp³-hybridized carbons (Fsp3) is 0.375. The summed E-state index contributed by atoms with van der Waals surface area (Å²) < 4.78 is 3.80. The Balaban J connectivity index is 1.52. The summed E-state index contributed by atoms with van der Waals surface area (Å²) >= 11 is 0. The lowest BCUT2D eigenvalue weighted by Gasteiger charge is -2.19. The first-order chi connectivity index (χ1) is 10.6. The number of carbonyl (C=O) groups excluding carboxylic acids is 1. The molecule has 2 heterocycles. The molecule has 0 spiro atoms. The normalized spacial score (nSPS) is 17.7. The summed E-state index contributed by atoms with van der Waals surface area (Å²) in [5, 5.41) is 3.11. The zero-order valence-electron chi connectivity index (χ0n) is 12.8. The van der Waals surface area contributed by atoms with Crippen LogP contribution >= 0.6 is 0 Å². The summed E-state index contributed by atoms with van der Waals surface area (Å²) in [6.45, 7) is 2.15. The number of rotatable bonds is 4. The Kier molecular flexibility index (Phi) is 4.00. The second-order valence-electron chi connectivity index (χ2n) is 5.84. The SMILES string of the molecule is C[n+]1ccn(CC(=O)NC2CCN(c3ccc(N)cc3)C2)c1. The molecule has 22 heavy (non-hydrogen) atoms. The second-order valence-corrected chi connectivity index (χ2v) is 5.84. The Morgan fingerprint density at radius 3 is 2.86 bits per heavy atom. The first-order valence-electron chi connectivity index (χ1n) is 7.51. The maximum Gasteiger partial charge on any atom is 0.262 e. The van der Waals surface area contributed by atoms with Gasteiger partial charge in [-0.15, -0.1) is 0 Å². The molecule has 3 rings (SSSR count). The molecular formula is C16H22N5O+. The predicted molar refractivity (Wildman–Crippen MR) is 85.2 cm³/mol. The number of nitrogens with two attached hydrogens (primary N) is 1. The minimum atomic E-state index is 0.0559. The van der Waals surface area contributed by atoms with Gasteiger partial charge in [0.25, 0.3) is 5.91 Å². The lowest BCUT2D eigenvalue weighted by Crippen LogP contribution is -2.39. The average Bonchev–Trinajstić information content (AvgIpc) is 3.09. The highest BCUT2D eigenvalue weighted by Gasteiger charge is 2.24. The van der Waals surface area contributed by atoms with E-state index < -0.39 is 0 Å². The third-order valence-electron chi connectivity index (χ3n) is 3.96. The number of nitrogen functional groups attached to an aromatic ring is 1. The molecule has 0 radical (unpaired) electrons. The Bertz CT molecular complexity index is 649. The number of hydrogen-bond donors (Lipinski definition) is 2. The molecule has 1 amide bonds. The topological polar surface area (TPSA) is 67.2 Å². The van der Waals surface area contributed by atoms with Gasteiger partial charge in [-0.1, -0.05) is 0 Å². The van der Waals surface area contributed by atoms with Gasteiger partial charge in [-0.25, -0.2) is 9.13 Å². The Labute approximate surface area is 130 Å². The quantitative estimate of drug-likeness (QED) is 0.630. The van der Waals surface area contributed by atoms with E-state index in [4.69, 9.17) is 5.73 Å². The summed E-state index contributed by atoms with van der Waals surface area (Å²) in [6, 6.07) is 8.08. The van der Waals surface area contributed by atoms with E-state index in [1.54, 1.807) is 0 Å². The fourth-order valence-electron chi connectivity index (χ4n) is 2.83. The van der Waals surface area contributed by atoms with Crippen LogP contribution in [0.1, 0.15) is 6.42 Å². The number of nitrogens with one attached hydrogen (secondary N) is 1. The van der Waals surface area contributed by atoms with Crippen molar-refractivity contribution >= 4 is 17.3 Å². The molecule has 1 saturated heterocycles. The molecular weight excluding hydrogens is 278 g/mol. The number of anilines is 2. The van der Waals surface area contributed by atoms with Gasteiger partial charge in [0.2, 0.25) is 6.33 Å². The minimum absolute atomic E-state index is 0.0559. The number of amides is 1. The molecule has 1 unspecified atom stereocenters. The Morgan fingerprint density at radius 1 is 1.41 bits per heavy atom. The van der Waals surface area contributed by atoms with Crippen LogP contribution in [0.5, 0.6) is 0 Å². The van der Waals surface area contributed by atoms with Crippen LogP contribution in [0.25, 0.3) is 0 Å². The molecule has 0 saturated carbocycles. The van der Waals surface area contributed by atoms with Crippen LogP contribution in [0.15, 0.2) is 43.0 Å². The second kappa shape index (κ2) is 6.09. The molecule has 6 nitrogen and oxygen atoms in total. The highest BCUT2D eigenvalue weighted by molar-refractivity contribution is 5.76. The zero-order valence-corrected chi connectivity index (χ0v) is 12.8. The van der Waals surface area contributed by atoms with Crippen LogP contribution in [-0.4, -0.2) is 29.6 Å². The molecule has 1 atom stereocenters.